The van der Waals surface area contributed by atoms with E-state index in [1.165, 1.54) is 62.7 Å². The van der Waals surface area contributed by atoms with Crippen molar-refractivity contribution in [3.05, 3.63) is 36.5 Å². The lowest BCUT2D eigenvalue weighted by Gasteiger charge is -2.34. The molecule has 0 radical (unpaired) electrons. The summed E-state index contributed by atoms with van der Waals surface area (Å²) in [5.41, 5.74) is 2.28. The van der Waals surface area contributed by atoms with E-state index in [4.69, 9.17) is 0 Å². The highest BCUT2D eigenvalue weighted by Crippen LogP contribution is 2.31. The minimum atomic E-state index is 0.325. The largest absolute Gasteiger partial charge is 0.395 e. The molecule has 2 N–H and O–H groups in total. The summed E-state index contributed by atoms with van der Waals surface area (Å²) in [5, 5.41) is 14.5. The first kappa shape index (κ1) is 16.8. The number of nitrogens with zero attached hydrogens (tertiary/aromatic N) is 2. The Kier molecular flexibility index (Phi) is 5.18. The van der Waals surface area contributed by atoms with Crippen LogP contribution in [0.3, 0.4) is 0 Å². The fraction of sp³-hybridized carbons (Fsp3) is 0.571. The number of aliphatic hydroxyl groups excluding tert-OH is 1. The molecule has 1 aliphatic heterocycles. The molecule has 0 unspecified atom stereocenters. The van der Waals surface area contributed by atoms with Gasteiger partial charge in [-0.25, -0.2) is 0 Å². The maximum absolute atomic E-state index is 9.50. The first-order valence-corrected chi connectivity index (χ1v) is 9.78. The molecule has 2 aromatic rings. The van der Waals surface area contributed by atoms with Gasteiger partial charge in [0.05, 0.1) is 12.1 Å². The second kappa shape index (κ2) is 7.71. The third kappa shape index (κ3) is 3.80. The predicted molar refractivity (Wildman–Crippen MR) is 103 cm³/mol. The smallest absolute Gasteiger partial charge is 0.0722 e. The summed E-state index contributed by atoms with van der Waals surface area (Å²) in [6.07, 6.45) is 9.36. The highest BCUT2D eigenvalue weighted by molar-refractivity contribution is 5.90. The fourth-order valence-electron chi connectivity index (χ4n) is 4.60. The summed E-state index contributed by atoms with van der Waals surface area (Å²) in [6, 6.07) is 11.4. The summed E-state index contributed by atoms with van der Waals surface area (Å²) in [5.74, 6) is 0.791. The molecular formula is C21H29N3O. The second-order valence-electron chi connectivity index (χ2n) is 7.71. The summed E-state index contributed by atoms with van der Waals surface area (Å²) >= 11 is 0. The van der Waals surface area contributed by atoms with E-state index in [9.17, 15) is 5.11 Å². The van der Waals surface area contributed by atoms with Gasteiger partial charge in [0.25, 0.3) is 0 Å². The number of pyridine rings is 1. The van der Waals surface area contributed by atoms with Crippen LogP contribution in [0.4, 0.5) is 5.69 Å². The van der Waals surface area contributed by atoms with Gasteiger partial charge in [0.2, 0.25) is 0 Å². The zero-order chi connectivity index (χ0) is 17.1. The first-order valence-electron chi connectivity index (χ1n) is 9.78. The minimum Gasteiger partial charge on any atom is -0.395 e. The third-order valence-corrected chi connectivity index (χ3v) is 6.06. The van der Waals surface area contributed by atoms with Crippen molar-refractivity contribution in [2.24, 2.45) is 5.92 Å². The van der Waals surface area contributed by atoms with Gasteiger partial charge in [-0.2, -0.15) is 0 Å². The van der Waals surface area contributed by atoms with E-state index in [2.05, 4.69) is 39.5 Å². The van der Waals surface area contributed by atoms with Gasteiger partial charge >= 0.3 is 0 Å². The number of hydrogen-bond donors (Lipinski definition) is 2. The average Bonchev–Trinajstić information content (AvgIpc) is 3.11. The maximum Gasteiger partial charge on any atom is 0.0722 e. The van der Waals surface area contributed by atoms with Crippen LogP contribution in [0.2, 0.25) is 0 Å². The number of rotatable bonds is 5. The van der Waals surface area contributed by atoms with Crippen LogP contribution in [0.1, 0.15) is 38.5 Å². The van der Waals surface area contributed by atoms with E-state index in [0.717, 1.165) is 11.4 Å². The lowest BCUT2D eigenvalue weighted by Crippen LogP contribution is -2.38. The van der Waals surface area contributed by atoms with Crippen molar-refractivity contribution < 1.29 is 5.11 Å². The van der Waals surface area contributed by atoms with E-state index in [-0.39, 0.29) is 0 Å². The van der Waals surface area contributed by atoms with E-state index in [1.54, 1.807) is 0 Å². The van der Waals surface area contributed by atoms with Gasteiger partial charge in [-0.1, -0.05) is 18.2 Å². The summed E-state index contributed by atoms with van der Waals surface area (Å²) in [7, 11) is 0. The number of para-hydroxylation sites is 1. The number of benzene rings is 1. The van der Waals surface area contributed by atoms with Crippen molar-refractivity contribution in [1.82, 2.24) is 9.88 Å². The molecule has 4 rings (SSSR count). The van der Waals surface area contributed by atoms with Gasteiger partial charge in [-0.15, -0.1) is 0 Å². The standard InChI is InChI=1S/C21H29N3O/c25-15-18-4-3-13-24(18)14-16-7-9-17(10-8-16)23-21-11-12-22-20-6-2-1-5-19(20)21/h1-2,5-6,11-12,16-18,25H,3-4,7-10,13-15H2,(H,22,23)/t16?,17?,18-/m0/s1. The van der Waals surface area contributed by atoms with Gasteiger partial charge in [0.1, 0.15) is 0 Å². The molecule has 25 heavy (non-hydrogen) atoms. The Morgan fingerprint density at radius 3 is 2.76 bits per heavy atom. The molecule has 2 fully saturated rings. The van der Waals surface area contributed by atoms with Gasteiger partial charge in [-0.3, -0.25) is 9.88 Å². The monoisotopic (exact) mass is 339 g/mol. The fourth-order valence-corrected chi connectivity index (χ4v) is 4.60. The molecule has 4 nitrogen and oxygen atoms in total. The van der Waals surface area contributed by atoms with Crippen LogP contribution in [-0.4, -0.2) is 46.8 Å². The number of likely N-dealkylation sites (tertiary alicyclic amines) is 1. The summed E-state index contributed by atoms with van der Waals surface area (Å²) < 4.78 is 0. The van der Waals surface area contributed by atoms with Crippen LogP contribution in [0.25, 0.3) is 10.9 Å². The molecule has 1 aromatic carbocycles. The molecular weight excluding hydrogens is 310 g/mol. The Labute approximate surface area is 150 Å². The predicted octanol–water partition coefficient (Wildman–Crippen LogP) is 3.66. The van der Waals surface area contributed by atoms with Gasteiger partial charge in [0, 0.05) is 35.9 Å². The molecule has 1 saturated heterocycles. The number of fused-ring (bicyclic) bond motifs is 1. The maximum atomic E-state index is 9.50. The van der Waals surface area contributed by atoms with Crippen LogP contribution < -0.4 is 5.32 Å². The van der Waals surface area contributed by atoms with Crippen molar-refractivity contribution in [2.45, 2.75) is 50.6 Å². The highest BCUT2D eigenvalue weighted by atomic mass is 16.3. The van der Waals surface area contributed by atoms with Crippen LogP contribution in [0.15, 0.2) is 36.5 Å². The first-order chi connectivity index (χ1) is 12.3. The van der Waals surface area contributed by atoms with E-state index in [0.29, 0.717) is 18.7 Å². The lowest BCUT2D eigenvalue weighted by molar-refractivity contribution is 0.130. The van der Waals surface area contributed by atoms with Crippen molar-refractivity contribution in [3.63, 3.8) is 0 Å². The SMILES string of the molecule is OC[C@@H]1CCCN1CC1CCC(Nc2ccnc3ccccc23)CC1. The summed E-state index contributed by atoms with van der Waals surface area (Å²) in [4.78, 5) is 6.98. The van der Waals surface area contributed by atoms with Crippen molar-refractivity contribution in [3.8, 4) is 0 Å². The second-order valence-corrected chi connectivity index (χ2v) is 7.71. The Balaban J connectivity index is 1.33. The number of aliphatic hydroxyl groups is 1. The van der Waals surface area contributed by atoms with Crippen LogP contribution in [0.5, 0.6) is 0 Å². The van der Waals surface area contributed by atoms with Gasteiger partial charge in [0.15, 0.2) is 0 Å². The van der Waals surface area contributed by atoms with Gasteiger partial charge in [-0.05, 0) is 63.1 Å². The van der Waals surface area contributed by atoms with Crippen molar-refractivity contribution in [2.75, 3.05) is 25.0 Å². The van der Waals surface area contributed by atoms with E-state index >= 15 is 0 Å². The number of hydrogen-bond acceptors (Lipinski definition) is 4. The number of aromatic nitrogens is 1. The number of nitrogens with one attached hydrogen (secondary N) is 1. The molecule has 1 atom stereocenters. The Hall–Kier alpha value is -1.65. The lowest BCUT2D eigenvalue weighted by atomic mass is 9.85. The normalized spacial score (nSPS) is 27.6. The molecule has 0 spiro atoms. The number of anilines is 1. The van der Waals surface area contributed by atoms with E-state index < -0.39 is 0 Å². The quantitative estimate of drug-likeness (QED) is 0.873. The molecule has 1 saturated carbocycles. The molecule has 134 valence electrons. The molecule has 1 aromatic heterocycles. The van der Waals surface area contributed by atoms with Crippen LogP contribution in [-0.2, 0) is 0 Å². The molecule has 0 bridgehead atoms. The zero-order valence-corrected chi connectivity index (χ0v) is 14.9. The Morgan fingerprint density at radius 2 is 1.92 bits per heavy atom. The van der Waals surface area contributed by atoms with Crippen LogP contribution in [0, 0.1) is 5.92 Å². The molecule has 1 aliphatic carbocycles. The topological polar surface area (TPSA) is 48.4 Å². The van der Waals surface area contributed by atoms with E-state index in [1.807, 2.05) is 12.3 Å². The Morgan fingerprint density at radius 1 is 1.08 bits per heavy atom. The van der Waals surface area contributed by atoms with Crippen molar-refractivity contribution in [1.29, 1.82) is 0 Å². The van der Waals surface area contributed by atoms with Crippen molar-refractivity contribution >= 4 is 16.6 Å². The average molecular weight is 339 g/mol. The molecule has 4 heteroatoms. The molecule has 0 amide bonds. The van der Waals surface area contributed by atoms with Gasteiger partial charge < -0.3 is 10.4 Å². The molecule has 2 aliphatic rings. The minimum absolute atomic E-state index is 0.325. The Bertz CT molecular complexity index is 691. The third-order valence-electron chi connectivity index (χ3n) is 6.06. The van der Waals surface area contributed by atoms with Crippen LogP contribution >= 0.6 is 0 Å². The highest BCUT2D eigenvalue weighted by Gasteiger charge is 2.28. The molecule has 2 heterocycles. The summed E-state index contributed by atoms with van der Waals surface area (Å²) in [6.45, 7) is 2.68. The zero-order valence-electron chi connectivity index (χ0n) is 14.9.